The lowest BCUT2D eigenvalue weighted by Gasteiger charge is -2.24. The molecule has 1 aromatic carbocycles. The van der Waals surface area contributed by atoms with Gasteiger partial charge in [0, 0.05) is 43.7 Å². The lowest BCUT2D eigenvalue weighted by molar-refractivity contribution is 0.140. The monoisotopic (exact) mass is 375 g/mol. The molecule has 0 aliphatic carbocycles. The summed E-state index contributed by atoms with van der Waals surface area (Å²) in [6.07, 6.45) is 2.54. The quantitative estimate of drug-likeness (QED) is 0.766. The van der Waals surface area contributed by atoms with E-state index in [1.165, 1.54) is 19.4 Å². The van der Waals surface area contributed by atoms with Crippen molar-refractivity contribution in [1.29, 1.82) is 0 Å². The topological polar surface area (TPSA) is 55.9 Å². The number of nitrogens with one attached hydrogen (secondary N) is 1. The number of aromatic nitrogens is 1. The minimum atomic E-state index is 0.300. The summed E-state index contributed by atoms with van der Waals surface area (Å²) >= 11 is 1.67. The van der Waals surface area contributed by atoms with Gasteiger partial charge in [0.25, 0.3) is 0 Å². The van der Waals surface area contributed by atoms with Crippen molar-refractivity contribution >= 4 is 11.3 Å². The summed E-state index contributed by atoms with van der Waals surface area (Å²) in [5.74, 6) is 1.61. The molecule has 26 heavy (non-hydrogen) atoms. The van der Waals surface area contributed by atoms with Gasteiger partial charge in [-0.15, -0.1) is 11.3 Å². The van der Waals surface area contributed by atoms with Crippen LogP contribution in [-0.4, -0.2) is 56.1 Å². The van der Waals surface area contributed by atoms with Gasteiger partial charge in [-0.25, -0.2) is 4.98 Å². The minimum absolute atomic E-state index is 0.300. The van der Waals surface area contributed by atoms with E-state index in [1.54, 1.807) is 18.4 Å². The van der Waals surface area contributed by atoms with E-state index in [9.17, 15) is 0 Å². The lowest BCUT2D eigenvalue weighted by Crippen LogP contribution is -2.39. The number of fused-ring (bicyclic) bond motifs is 1. The highest BCUT2D eigenvalue weighted by molar-refractivity contribution is 7.13. The Labute approximate surface area is 158 Å². The molecule has 2 aromatic rings. The lowest BCUT2D eigenvalue weighted by atomic mass is 10.2. The molecule has 0 radical (unpaired) electrons. The molecule has 4 rings (SSSR count). The highest BCUT2D eigenvalue weighted by Crippen LogP contribution is 2.36. The third-order valence-electron chi connectivity index (χ3n) is 4.94. The van der Waals surface area contributed by atoms with Crippen molar-refractivity contribution in [3.8, 4) is 22.1 Å². The van der Waals surface area contributed by atoms with E-state index >= 15 is 0 Å². The zero-order chi connectivity index (χ0) is 17.8. The van der Waals surface area contributed by atoms with E-state index in [2.05, 4.69) is 15.6 Å². The maximum absolute atomic E-state index is 5.46. The summed E-state index contributed by atoms with van der Waals surface area (Å²) in [6.45, 7) is 5.11. The fraction of sp³-hybridized carbons (Fsp3) is 0.526. The maximum Gasteiger partial charge on any atom is 0.231 e. The molecule has 1 fully saturated rings. The summed E-state index contributed by atoms with van der Waals surface area (Å²) in [4.78, 5) is 7.29. The number of benzene rings is 1. The van der Waals surface area contributed by atoms with E-state index in [0.29, 0.717) is 12.8 Å². The van der Waals surface area contributed by atoms with E-state index in [1.807, 2.05) is 18.2 Å². The summed E-state index contributed by atoms with van der Waals surface area (Å²) in [7, 11) is 1.77. The normalized spacial score (nSPS) is 19.3. The first kappa shape index (κ1) is 17.7. The van der Waals surface area contributed by atoms with Crippen molar-refractivity contribution in [2.24, 2.45) is 0 Å². The second-order valence-corrected chi connectivity index (χ2v) is 7.53. The van der Waals surface area contributed by atoms with E-state index in [-0.39, 0.29) is 0 Å². The predicted octanol–water partition coefficient (Wildman–Crippen LogP) is 2.74. The molecule has 2 aliphatic heterocycles. The van der Waals surface area contributed by atoms with Gasteiger partial charge in [-0.3, -0.25) is 4.90 Å². The van der Waals surface area contributed by atoms with Crippen LogP contribution in [-0.2, 0) is 11.3 Å². The molecule has 1 atom stereocenters. The fourth-order valence-corrected chi connectivity index (χ4v) is 4.36. The largest absolute Gasteiger partial charge is 0.454 e. The van der Waals surface area contributed by atoms with Crippen molar-refractivity contribution in [3.05, 3.63) is 29.3 Å². The number of ether oxygens (including phenoxy) is 3. The van der Waals surface area contributed by atoms with E-state index < -0.39 is 0 Å². The predicted molar refractivity (Wildman–Crippen MR) is 102 cm³/mol. The standard InChI is InChI=1S/C19H25N3O3S/c1-23-8-7-22-6-2-3-16(22)11-20-10-15-12-26-19(21-15)14-4-5-17-18(9-14)25-13-24-17/h4-5,9,12,16,20H,2-3,6-8,10-11,13H2,1H3. The van der Waals surface area contributed by atoms with Crippen molar-refractivity contribution in [1.82, 2.24) is 15.2 Å². The van der Waals surface area contributed by atoms with Crippen LogP contribution in [0.25, 0.3) is 10.6 Å². The second-order valence-electron chi connectivity index (χ2n) is 6.67. The van der Waals surface area contributed by atoms with Gasteiger partial charge in [0.05, 0.1) is 12.3 Å². The van der Waals surface area contributed by atoms with Crippen LogP contribution >= 0.6 is 11.3 Å². The molecule has 1 unspecified atom stereocenters. The Morgan fingerprint density at radius 2 is 2.27 bits per heavy atom. The molecule has 6 nitrogen and oxygen atoms in total. The molecule has 0 bridgehead atoms. The molecule has 1 saturated heterocycles. The Balaban J connectivity index is 1.30. The van der Waals surface area contributed by atoms with Crippen LogP contribution in [0.3, 0.4) is 0 Å². The minimum Gasteiger partial charge on any atom is -0.454 e. The van der Waals surface area contributed by atoms with Gasteiger partial charge in [0.2, 0.25) is 6.79 Å². The van der Waals surface area contributed by atoms with Crippen LogP contribution in [0.4, 0.5) is 0 Å². The molecular weight excluding hydrogens is 350 g/mol. The van der Waals surface area contributed by atoms with Gasteiger partial charge < -0.3 is 19.5 Å². The smallest absolute Gasteiger partial charge is 0.231 e. The molecule has 7 heteroatoms. The summed E-state index contributed by atoms with van der Waals surface area (Å²) in [5.41, 5.74) is 2.16. The van der Waals surface area contributed by atoms with Gasteiger partial charge in [-0.2, -0.15) is 0 Å². The Bertz CT molecular complexity index is 737. The van der Waals surface area contributed by atoms with Crippen molar-refractivity contribution < 1.29 is 14.2 Å². The molecule has 3 heterocycles. The molecule has 1 aromatic heterocycles. The zero-order valence-electron chi connectivity index (χ0n) is 15.1. The van der Waals surface area contributed by atoms with Gasteiger partial charge in [-0.1, -0.05) is 0 Å². The van der Waals surface area contributed by atoms with E-state index in [4.69, 9.17) is 19.2 Å². The molecule has 0 saturated carbocycles. The van der Waals surface area contributed by atoms with Gasteiger partial charge in [0.15, 0.2) is 11.5 Å². The number of nitrogens with zero attached hydrogens (tertiary/aromatic N) is 2. The number of hydrogen-bond acceptors (Lipinski definition) is 7. The van der Waals surface area contributed by atoms with Crippen molar-refractivity contribution in [3.63, 3.8) is 0 Å². The highest BCUT2D eigenvalue weighted by atomic mass is 32.1. The summed E-state index contributed by atoms with van der Waals surface area (Å²) < 4.78 is 16.0. The number of methoxy groups -OCH3 is 1. The Kier molecular flexibility index (Phi) is 5.69. The Morgan fingerprint density at radius 1 is 1.35 bits per heavy atom. The number of likely N-dealkylation sites (tertiary alicyclic amines) is 1. The average molecular weight is 375 g/mol. The van der Waals surface area contributed by atoms with Crippen LogP contribution in [0.15, 0.2) is 23.6 Å². The van der Waals surface area contributed by atoms with Crippen LogP contribution in [0.5, 0.6) is 11.5 Å². The first-order valence-corrected chi connectivity index (χ1v) is 9.99. The third kappa shape index (κ3) is 4.01. The second kappa shape index (κ2) is 8.35. The van der Waals surface area contributed by atoms with Gasteiger partial charge in [-0.05, 0) is 37.6 Å². The Hall–Kier alpha value is -1.67. The molecule has 1 N–H and O–H groups in total. The number of thiazole rings is 1. The SMILES string of the molecule is COCCN1CCCC1CNCc1csc(-c2ccc3c(c2)OCO3)n1. The Morgan fingerprint density at radius 3 is 3.19 bits per heavy atom. The first-order chi connectivity index (χ1) is 12.8. The van der Waals surface area contributed by atoms with Crippen LogP contribution in [0.1, 0.15) is 18.5 Å². The summed E-state index contributed by atoms with van der Waals surface area (Å²) in [5, 5.41) is 6.72. The first-order valence-electron chi connectivity index (χ1n) is 9.11. The maximum atomic E-state index is 5.46. The van der Waals surface area contributed by atoms with E-state index in [0.717, 1.165) is 54.0 Å². The van der Waals surface area contributed by atoms with Crippen LogP contribution in [0, 0.1) is 0 Å². The average Bonchev–Trinajstić information content (AvgIpc) is 3.40. The zero-order valence-corrected chi connectivity index (χ0v) is 15.9. The fourth-order valence-electron chi connectivity index (χ4n) is 3.55. The van der Waals surface area contributed by atoms with Gasteiger partial charge >= 0.3 is 0 Å². The molecule has 0 spiro atoms. The third-order valence-corrected chi connectivity index (χ3v) is 5.88. The molecule has 0 amide bonds. The van der Waals surface area contributed by atoms with Crippen LogP contribution in [0.2, 0.25) is 0 Å². The highest BCUT2D eigenvalue weighted by Gasteiger charge is 2.23. The van der Waals surface area contributed by atoms with Crippen molar-refractivity contribution in [2.75, 3.05) is 40.1 Å². The number of rotatable bonds is 8. The number of hydrogen-bond donors (Lipinski definition) is 1. The summed E-state index contributed by atoms with van der Waals surface area (Å²) in [6, 6.07) is 6.60. The van der Waals surface area contributed by atoms with Crippen LogP contribution < -0.4 is 14.8 Å². The van der Waals surface area contributed by atoms with Gasteiger partial charge in [0.1, 0.15) is 5.01 Å². The molecule has 2 aliphatic rings. The molecule has 140 valence electrons. The van der Waals surface area contributed by atoms with Crippen molar-refractivity contribution in [2.45, 2.75) is 25.4 Å². The molecular formula is C19H25N3O3S.